The third kappa shape index (κ3) is 4.70. The van der Waals surface area contributed by atoms with Crippen molar-refractivity contribution in [3.8, 4) is 0 Å². The second-order valence-corrected chi connectivity index (χ2v) is 9.28. The monoisotopic (exact) mass is 430 g/mol. The predicted molar refractivity (Wildman–Crippen MR) is 122 cm³/mol. The van der Waals surface area contributed by atoms with E-state index < -0.39 is 6.04 Å². The number of amides is 1. The van der Waals surface area contributed by atoms with E-state index in [1.54, 1.807) is 4.90 Å². The number of anilines is 1. The van der Waals surface area contributed by atoms with Crippen LogP contribution in [-0.4, -0.2) is 40.8 Å². The maximum absolute atomic E-state index is 13.5. The topological polar surface area (TPSA) is 49.9 Å². The third-order valence-electron chi connectivity index (χ3n) is 6.99. The fourth-order valence-electron chi connectivity index (χ4n) is 5.44. The molecule has 30 heavy (non-hydrogen) atoms. The molecule has 5 nitrogen and oxygen atoms in total. The number of carbonyl (C=O) groups excluding carboxylic acids is 2. The number of hydroxylamine groups is 2. The molecule has 1 heterocycles. The van der Waals surface area contributed by atoms with Crippen LogP contribution in [0.3, 0.4) is 0 Å². The number of rotatable bonds is 5. The minimum atomic E-state index is -0.575. The largest absolute Gasteiger partial charge is 0.365 e. The van der Waals surface area contributed by atoms with E-state index in [4.69, 9.17) is 4.84 Å². The molecule has 0 radical (unpaired) electrons. The van der Waals surface area contributed by atoms with Gasteiger partial charge in [0.1, 0.15) is 6.04 Å². The molecule has 0 bridgehead atoms. The first-order valence-electron chi connectivity index (χ1n) is 11.7. The molecule has 0 N–H and O–H groups in total. The number of nitrogens with zero attached hydrogens (tertiary/aromatic N) is 2. The number of carbonyl (C=O) groups is 2. The lowest BCUT2D eigenvalue weighted by molar-refractivity contribution is -0.224. The average molecular weight is 431 g/mol. The molecule has 2 fully saturated rings. The van der Waals surface area contributed by atoms with E-state index in [9.17, 15) is 9.59 Å². The van der Waals surface area contributed by atoms with Gasteiger partial charge in [0.2, 0.25) is 5.91 Å². The Kier molecular flexibility index (Phi) is 7.37. The smallest absolute Gasteiger partial charge is 0.348 e. The van der Waals surface area contributed by atoms with Crippen molar-refractivity contribution < 1.29 is 14.4 Å². The SMILES string of the molecule is O=C(ON(C1CCCCC1)C1CCCCC1)C1CCc2ccccc2N1C(=O)CS. The summed E-state index contributed by atoms with van der Waals surface area (Å²) in [6.45, 7) is 0. The van der Waals surface area contributed by atoms with Crippen LogP contribution in [0.4, 0.5) is 5.69 Å². The van der Waals surface area contributed by atoms with Crippen molar-refractivity contribution in [1.29, 1.82) is 0 Å². The number of hydrogen-bond acceptors (Lipinski definition) is 5. The number of fused-ring (bicyclic) bond motifs is 1. The summed E-state index contributed by atoms with van der Waals surface area (Å²) in [7, 11) is 0. The first kappa shape index (κ1) is 21.7. The first-order chi connectivity index (χ1) is 14.7. The van der Waals surface area contributed by atoms with E-state index in [1.807, 2.05) is 24.3 Å². The Balaban J connectivity index is 1.55. The van der Waals surface area contributed by atoms with Crippen molar-refractivity contribution >= 4 is 30.2 Å². The van der Waals surface area contributed by atoms with Gasteiger partial charge >= 0.3 is 5.97 Å². The molecule has 1 atom stereocenters. The van der Waals surface area contributed by atoms with Crippen LogP contribution in [0.5, 0.6) is 0 Å². The molecule has 164 valence electrons. The van der Waals surface area contributed by atoms with Crippen molar-refractivity contribution in [2.75, 3.05) is 10.7 Å². The van der Waals surface area contributed by atoms with E-state index in [0.29, 0.717) is 18.5 Å². The second kappa shape index (κ2) is 10.2. The van der Waals surface area contributed by atoms with Gasteiger partial charge < -0.3 is 4.84 Å². The highest BCUT2D eigenvalue weighted by Gasteiger charge is 2.39. The molecule has 0 spiro atoms. The van der Waals surface area contributed by atoms with Gasteiger partial charge in [-0.05, 0) is 50.2 Å². The van der Waals surface area contributed by atoms with Crippen LogP contribution in [0.1, 0.15) is 76.2 Å². The number of hydrogen-bond donors (Lipinski definition) is 1. The van der Waals surface area contributed by atoms with Crippen LogP contribution in [0.2, 0.25) is 0 Å². The van der Waals surface area contributed by atoms with Crippen LogP contribution >= 0.6 is 12.6 Å². The van der Waals surface area contributed by atoms with Crippen LogP contribution in [0.25, 0.3) is 0 Å². The number of benzene rings is 1. The van der Waals surface area contributed by atoms with Gasteiger partial charge in [0, 0.05) is 17.8 Å². The van der Waals surface area contributed by atoms with E-state index in [1.165, 1.54) is 38.5 Å². The minimum absolute atomic E-state index is 0.0765. The Bertz CT molecular complexity index is 726. The van der Waals surface area contributed by atoms with Crippen molar-refractivity contribution in [2.24, 2.45) is 0 Å². The lowest BCUT2D eigenvalue weighted by atomic mass is 9.90. The summed E-state index contributed by atoms with van der Waals surface area (Å²) in [6, 6.07) is 7.92. The van der Waals surface area contributed by atoms with Crippen LogP contribution in [-0.2, 0) is 20.8 Å². The van der Waals surface area contributed by atoms with Crippen LogP contribution in [0, 0.1) is 0 Å². The van der Waals surface area contributed by atoms with Crippen molar-refractivity contribution in [1.82, 2.24) is 5.06 Å². The molecule has 1 aliphatic heterocycles. The molecule has 1 unspecified atom stereocenters. The van der Waals surface area contributed by atoms with E-state index in [2.05, 4.69) is 17.7 Å². The van der Waals surface area contributed by atoms with Crippen molar-refractivity contribution in [3.05, 3.63) is 29.8 Å². The molecule has 2 saturated carbocycles. The maximum Gasteiger partial charge on any atom is 0.348 e. The van der Waals surface area contributed by atoms with E-state index in [-0.39, 0.29) is 17.6 Å². The minimum Gasteiger partial charge on any atom is -0.365 e. The highest BCUT2D eigenvalue weighted by molar-refractivity contribution is 7.81. The normalized spacial score (nSPS) is 23.3. The molecule has 6 heteroatoms. The summed E-state index contributed by atoms with van der Waals surface area (Å²) in [6.07, 6.45) is 13.1. The average Bonchev–Trinajstić information content (AvgIpc) is 2.82. The summed E-state index contributed by atoms with van der Waals surface area (Å²) in [5, 5.41) is 2.06. The van der Waals surface area contributed by atoms with Gasteiger partial charge in [-0.2, -0.15) is 12.6 Å². The lowest BCUT2D eigenvalue weighted by Gasteiger charge is -2.42. The number of thiol groups is 1. The molecule has 2 aliphatic carbocycles. The molecular formula is C24H34N2O3S. The van der Waals surface area contributed by atoms with Crippen LogP contribution < -0.4 is 4.90 Å². The zero-order valence-electron chi connectivity index (χ0n) is 17.8. The molecule has 1 amide bonds. The molecule has 0 saturated heterocycles. The summed E-state index contributed by atoms with van der Waals surface area (Å²) >= 11 is 4.21. The zero-order valence-corrected chi connectivity index (χ0v) is 18.7. The summed E-state index contributed by atoms with van der Waals surface area (Å²) in [4.78, 5) is 34.0. The predicted octanol–water partition coefficient (Wildman–Crippen LogP) is 4.69. The fourth-order valence-corrected chi connectivity index (χ4v) is 5.59. The molecule has 0 aromatic heterocycles. The second-order valence-electron chi connectivity index (χ2n) is 8.96. The van der Waals surface area contributed by atoms with E-state index >= 15 is 0 Å². The van der Waals surface area contributed by atoms with Gasteiger partial charge in [0.25, 0.3) is 0 Å². The van der Waals surface area contributed by atoms with Gasteiger partial charge in [-0.1, -0.05) is 56.7 Å². The number of aryl methyl sites for hydroxylation is 1. The molecule has 1 aromatic rings. The first-order valence-corrected chi connectivity index (χ1v) is 12.3. The Labute approximate surface area is 185 Å². The highest BCUT2D eigenvalue weighted by Crippen LogP contribution is 2.34. The third-order valence-corrected chi connectivity index (χ3v) is 7.26. The Morgan fingerprint density at radius 1 is 0.933 bits per heavy atom. The number of para-hydroxylation sites is 1. The van der Waals surface area contributed by atoms with Gasteiger partial charge in [-0.3, -0.25) is 9.69 Å². The fraction of sp³-hybridized carbons (Fsp3) is 0.667. The van der Waals surface area contributed by atoms with Gasteiger partial charge in [-0.15, -0.1) is 5.06 Å². The Hall–Kier alpha value is -1.53. The molecule has 1 aromatic carbocycles. The Morgan fingerprint density at radius 2 is 1.53 bits per heavy atom. The van der Waals surface area contributed by atoms with Crippen molar-refractivity contribution in [3.63, 3.8) is 0 Å². The summed E-state index contributed by atoms with van der Waals surface area (Å²) < 4.78 is 0. The van der Waals surface area contributed by atoms with Gasteiger partial charge in [0.15, 0.2) is 0 Å². The zero-order chi connectivity index (χ0) is 20.9. The van der Waals surface area contributed by atoms with Gasteiger partial charge in [0.05, 0.1) is 5.75 Å². The van der Waals surface area contributed by atoms with Crippen LogP contribution in [0.15, 0.2) is 24.3 Å². The van der Waals surface area contributed by atoms with Crippen molar-refractivity contribution in [2.45, 2.75) is 95.2 Å². The summed E-state index contributed by atoms with van der Waals surface area (Å²) in [5.41, 5.74) is 1.93. The molecular weight excluding hydrogens is 396 g/mol. The lowest BCUT2D eigenvalue weighted by Crippen LogP contribution is -2.53. The maximum atomic E-state index is 13.5. The van der Waals surface area contributed by atoms with E-state index in [0.717, 1.165) is 43.4 Å². The Morgan fingerprint density at radius 3 is 2.13 bits per heavy atom. The molecule has 4 rings (SSSR count). The van der Waals surface area contributed by atoms with Gasteiger partial charge in [-0.25, -0.2) is 4.79 Å². The quantitative estimate of drug-likeness (QED) is 0.544. The highest BCUT2D eigenvalue weighted by atomic mass is 32.1. The molecule has 3 aliphatic rings. The summed E-state index contributed by atoms with van der Waals surface area (Å²) in [5.74, 6) is -0.349. The standard InChI is InChI=1S/C24H34N2O3S/c27-23(17-30)25-21-14-8-7-9-18(21)15-16-22(25)24(28)29-26(19-10-3-1-4-11-19)20-12-5-2-6-13-20/h7-9,14,19-20,22,30H,1-6,10-13,15-17H2.